The van der Waals surface area contributed by atoms with Crippen molar-refractivity contribution in [3.8, 4) is 0 Å². The molecule has 0 spiro atoms. The third kappa shape index (κ3) is 2.42. The highest BCUT2D eigenvalue weighted by atomic mass is 19.1. The largest absolute Gasteiger partial charge is 0.461 e. The molecule has 3 aliphatic heterocycles. The minimum absolute atomic E-state index is 0.0905. The highest BCUT2D eigenvalue weighted by Crippen LogP contribution is 2.53. The molecule has 2 aromatic carbocycles. The number of nitrogens with zero attached hydrogens (tertiary/aromatic N) is 2. The fourth-order valence-electron chi connectivity index (χ4n) is 5.29. The zero-order valence-corrected chi connectivity index (χ0v) is 16.7. The van der Waals surface area contributed by atoms with Crippen LogP contribution in [-0.2, 0) is 9.59 Å². The molecule has 2 fully saturated rings. The summed E-state index contributed by atoms with van der Waals surface area (Å²) in [5.41, 5.74) is 1.69. The first kappa shape index (κ1) is 18.7. The smallest absolute Gasteiger partial charge is 0.240 e. The molecule has 32 heavy (non-hydrogen) atoms. The van der Waals surface area contributed by atoms with Gasteiger partial charge in [-0.25, -0.2) is 9.29 Å². The van der Waals surface area contributed by atoms with E-state index >= 15 is 0 Å². The van der Waals surface area contributed by atoms with Gasteiger partial charge in [-0.1, -0.05) is 36.4 Å². The van der Waals surface area contributed by atoms with E-state index in [2.05, 4.69) is 0 Å². The van der Waals surface area contributed by atoms with E-state index in [4.69, 9.17) is 4.42 Å². The lowest BCUT2D eigenvalue weighted by Crippen LogP contribution is -2.44. The van der Waals surface area contributed by atoms with Gasteiger partial charge >= 0.3 is 0 Å². The van der Waals surface area contributed by atoms with Crippen LogP contribution in [-0.4, -0.2) is 28.5 Å². The normalized spacial score (nSPS) is 25.7. The molecule has 0 aliphatic carbocycles. The number of hydrogen-bond donors (Lipinski definition) is 0. The molecule has 1 aromatic heterocycles. The minimum Gasteiger partial charge on any atom is -0.461 e. The van der Waals surface area contributed by atoms with Gasteiger partial charge in [0.15, 0.2) is 5.76 Å². The van der Waals surface area contributed by atoms with E-state index in [1.807, 2.05) is 30.3 Å². The number of carbonyl (C=O) groups excluding carboxylic acids is 3. The number of halogens is 1. The number of rotatable bonds is 3. The van der Waals surface area contributed by atoms with E-state index in [1.54, 1.807) is 29.3 Å². The highest BCUT2D eigenvalue weighted by Gasteiger charge is 2.65. The SMILES string of the molecule is O=C(c1ccco1)[C@@H]1[C@@H]2C(=O)N(c3ccccc3F)C(=O)[C@@H]2C2c3ccccc3C=CN21. The van der Waals surface area contributed by atoms with Crippen molar-refractivity contribution in [2.75, 3.05) is 4.90 Å². The molecular weight excluding hydrogens is 411 g/mol. The van der Waals surface area contributed by atoms with Crippen LogP contribution in [0.2, 0.25) is 0 Å². The van der Waals surface area contributed by atoms with Crippen molar-refractivity contribution >= 4 is 29.4 Å². The van der Waals surface area contributed by atoms with E-state index in [9.17, 15) is 18.8 Å². The van der Waals surface area contributed by atoms with Crippen LogP contribution in [0.25, 0.3) is 6.08 Å². The van der Waals surface area contributed by atoms with Gasteiger partial charge in [-0.2, -0.15) is 0 Å². The first-order chi connectivity index (χ1) is 15.6. The Morgan fingerprint density at radius 2 is 1.66 bits per heavy atom. The topological polar surface area (TPSA) is 70.8 Å². The van der Waals surface area contributed by atoms with E-state index in [0.717, 1.165) is 16.0 Å². The van der Waals surface area contributed by atoms with Gasteiger partial charge in [0.05, 0.1) is 29.8 Å². The summed E-state index contributed by atoms with van der Waals surface area (Å²) in [6.45, 7) is 0. The van der Waals surface area contributed by atoms with Gasteiger partial charge in [0.2, 0.25) is 17.6 Å². The Labute approximate surface area is 182 Å². The lowest BCUT2D eigenvalue weighted by Gasteiger charge is -2.35. The average Bonchev–Trinajstić information content (AvgIpc) is 3.51. The first-order valence-corrected chi connectivity index (χ1v) is 10.3. The number of para-hydroxylation sites is 1. The molecule has 1 unspecified atom stereocenters. The third-order valence-corrected chi connectivity index (χ3v) is 6.59. The number of anilines is 1. The van der Waals surface area contributed by atoms with E-state index in [0.29, 0.717) is 0 Å². The lowest BCUT2D eigenvalue weighted by molar-refractivity contribution is -0.123. The molecule has 0 N–H and O–H groups in total. The molecule has 7 heteroatoms. The van der Waals surface area contributed by atoms with Gasteiger partial charge < -0.3 is 9.32 Å². The number of Topliss-reactive ketones (excluding diaryl/α,β-unsaturated/α-hetero) is 1. The van der Waals surface area contributed by atoms with Gasteiger partial charge in [0.1, 0.15) is 11.9 Å². The van der Waals surface area contributed by atoms with Crippen LogP contribution in [0.5, 0.6) is 0 Å². The predicted molar refractivity (Wildman–Crippen MR) is 113 cm³/mol. The molecule has 0 saturated carbocycles. The summed E-state index contributed by atoms with van der Waals surface area (Å²) in [7, 11) is 0. The monoisotopic (exact) mass is 428 g/mol. The quantitative estimate of drug-likeness (QED) is 0.469. The van der Waals surface area contributed by atoms with Crippen LogP contribution in [0.4, 0.5) is 10.1 Å². The van der Waals surface area contributed by atoms with E-state index in [-0.39, 0.29) is 17.2 Å². The number of ketones is 1. The van der Waals surface area contributed by atoms with Crippen molar-refractivity contribution in [1.82, 2.24) is 4.90 Å². The van der Waals surface area contributed by atoms with Crippen LogP contribution < -0.4 is 4.90 Å². The van der Waals surface area contributed by atoms with Crippen molar-refractivity contribution in [2.45, 2.75) is 12.1 Å². The van der Waals surface area contributed by atoms with Crippen LogP contribution in [0, 0.1) is 17.7 Å². The maximum Gasteiger partial charge on any atom is 0.240 e. The number of furan rings is 1. The Morgan fingerprint density at radius 1 is 0.906 bits per heavy atom. The molecule has 3 aliphatic rings. The van der Waals surface area contributed by atoms with Gasteiger partial charge in [-0.3, -0.25) is 14.4 Å². The van der Waals surface area contributed by atoms with Crippen LogP contribution in [0.1, 0.15) is 27.7 Å². The Balaban J connectivity index is 1.52. The molecule has 158 valence electrons. The summed E-state index contributed by atoms with van der Waals surface area (Å²) in [5, 5.41) is 0. The summed E-state index contributed by atoms with van der Waals surface area (Å²) in [4.78, 5) is 43.4. The minimum atomic E-state index is -0.958. The molecule has 6 nitrogen and oxygen atoms in total. The fourth-order valence-corrected chi connectivity index (χ4v) is 5.29. The van der Waals surface area contributed by atoms with Gasteiger partial charge in [-0.05, 0) is 41.5 Å². The second kappa shape index (κ2) is 6.75. The summed E-state index contributed by atoms with van der Waals surface area (Å²) in [6, 6.07) is 15.0. The third-order valence-electron chi connectivity index (χ3n) is 6.59. The Bertz CT molecular complexity index is 1300. The molecule has 0 bridgehead atoms. The lowest BCUT2D eigenvalue weighted by atomic mass is 9.84. The molecule has 2 amide bonds. The zero-order chi connectivity index (χ0) is 22.0. The molecular formula is C25H17FN2O4. The molecule has 4 heterocycles. The molecule has 2 saturated heterocycles. The molecule has 0 radical (unpaired) electrons. The Morgan fingerprint density at radius 3 is 2.44 bits per heavy atom. The number of carbonyl (C=O) groups is 3. The van der Waals surface area contributed by atoms with E-state index in [1.165, 1.54) is 24.5 Å². The van der Waals surface area contributed by atoms with Crippen molar-refractivity contribution in [1.29, 1.82) is 0 Å². The van der Waals surface area contributed by atoms with Crippen molar-refractivity contribution in [2.24, 2.45) is 11.8 Å². The maximum atomic E-state index is 14.6. The predicted octanol–water partition coefficient (Wildman–Crippen LogP) is 3.82. The second-order valence-corrected chi connectivity index (χ2v) is 8.14. The fraction of sp³-hybridized carbons (Fsp3) is 0.160. The molecule has 3 aromatic rings. The number of amides is 2. The summed E-state index contributed by atoms with van der Waals surface area (Å²) in [5.74, 6) is -3.78. The Kier molecular flexibility index (Phi) is 3.95. The van der Waals surface area contributed by atoms with Crippen molar-refractivity contribution in [3.05, 3.63) is 95.8 Å². The number of imide groups is 1. The van der Waals surface area contributed by atoms with Crippen LogP contribution >= 0.6 is 0 Å². The van der Waals surface area contributed by atoms with Crippen LogP contribution in [0.3, 0.4) is 0 Å². The molecule has 4 atom stereocenters. The Hall–Kier alpha value is -4.00. The number of benzene rings is 2. The van der Waals surface area contributed by atoms with Crippen molar-refractivity contribution in [3.63, 3.8) is 0 Å². The van der Waals surface area contributed by atoms with Gasteiger partial charge in [-0.15, -0.1) is 0 Å². The van der Waals surface area contributed by atoms with Gasteiger partial charge in [0.25, 0.3) is 0 Å². The van der Waals surface area contributed by atoms with Crippen molar-refractivity contribution < 1.29 is 23.2 Å². The zero-order valence-electron chi connectivity index (χ0n) is 16.7. The first-order valence-electron chi connectivity index (χ1n) is 10.3. The summed E-state index contributed by atoms with van der Waals surface area (Å²) in [6.07, 6.45) is 5.04. The standard InChI is InChI=1S/C25H17FN2O4/c26-16-8-3-4-9-17(16)28-24(30)19-20(25(28)31)22(23(29)18-10-5-13-32-18)27-12-11-14-6-1-2-7-15(14)21(19)27/h1-13,19-22H/t19-,20+,21?,22-/m0/s1. The van der Waals surface area contributed by atoms with Crippen LogP contribution in [0.15, 0.2) is 77.5 Å². The average molecular weight is 428 g/mol. The van der Waals surface area contributed by atoms with Gasteiger partial charge in [0, 0.05) is 6.20 Å². The summed E-state index contributed by atoms with van der Waals surface area (Å²) < 4.78 is 19.9. The maximum absolute atomic E-state index is 14.6. The number of hydrogen-bond acceptors (Lipinski definition) is 5. The molecule has 6 rings (SSSR count). The number of fused-ring (bicyclic) bond motifs is 5. The van der Waals surface area contributed by atoms with E-state index < -0.39 is 41.6 Å². The summed E-state index contributed by atoms with van der Waals surface area (Å²) >= 11 is 0. The second-order valence-electron chi connectivity index (χ2n) is 8.14. The highest BCUT2D eigenvalue weighted by molar-refractivity contribution is 6.24.